The quantitative estimate of drug-likeness (QED) is 0.789. The van der Waals surface area contributed by atoms with Gasteiger partial charge in [0, 0.05) is 32.6 Å². The van der Waals surface area contributed by atoms with Crippen LogP contribution in [0.5, 0.6) is 11.5 Å². The number of anilines is 1. The highest BCUT2D eigenvalue weighted by atomic mass is 16.5. The fraction of sp³-hybridized carbons (Fsp3) is 0.524. The van der Waals surface area contributed by atoms with Gasteiger partial charge >= 0.3 is 0 Å². The molecule has 0 atom stereocenters. The fourth-order valence-corrected chi connectivity index (χ4v) is 3.61. The lowest BCUT2D eigenvalue weighted by atomic mass is 9.93. The second-order valence-electron chi connectivity index (χ2n) is 7.36. The molecule has 1 aliphatic rings. The predicted molar refractivity (Wildman–Crippen MR) is 111 cm³/mol. The second-order valence-corrected chi connectivity index (χ2v) is 7.36. The minimum atomic E-state index is -0.0855. The number of H-pyrrole nitrogens is 1. The van der Waals surface area contributed by atoms with Gasteiger partial charge in [-0.15, -0.1) is 0 Å². The van der Waals surface area contributed by atoms with E-state index in [2.05, 4.69) is 27.0 Å². The highest BCUT2D eigenvalue weighted by Crippen LogP contribution is 2.30. The summed E-state index contributed by atoms with van der Waals surface area (Å²) in [5, 5.41) is 0. The Bertz CT molecular complexity index is 842. The van der Waals surface area contributed by atoms with Gasteiger partial charge in [-0.2, -0.15) is 0 Å². The number of rotatable bonds is 7. The Morgan fingerprint density at radius 3 is 2.61 bits per heavy atom. The Hall–Kier alpha value is -2.54. The smallest absolute Gasteiger partial charge is 0.252 e. The number of nitrogens with zero attached hydrogens (tertiary/aromatic N) is 3. The largest absolute Gasteiger partial charge is 0.493 e. The van der Waals surface area contributed by atoms with E-state index in [0.717, 1.165) is 49.7 Å². The molecule has 2 aromatic rings. The van der Waals surface area contributed by atoms with Crippen LogP contribution in [0.3, 0.4) is 0 Å². The first-order valence-electron chi connectivity index (χ1n) is 9.80. The summed E-state index contributed by atoms with van der Waals surface area (Å²) >= 11 is 0. The van der Waals surface area contributed by atoms with Gasteiger partial charge in [-0.1, -0.05) is 6.07 Å². The molecule has 1 aromatic carbocycles. The molecule has 0 aliphatic carbocycles. The fourth-order valence-electron chi connectivity index (χ4n) is 3.61. The third-order valence-corrected chi connectivity index (χ3v) is 5.11. The van der Waals surface area contributed by atoms with Crippen molar-refractivity contribution in [2.75, 3.05) is 45.8 Å². The number of hydrogen-bond acceptors (Lipinski definition) is 6. The normalized spacial score (nSPS) is 15.4. The van der Waals surface area contributed by atoms with Crippen LogP contribution in [0.25, 0.3) is 0 Å². The van der Waals surface area contributed by atoms with Crippen LogP contribution in [0.2, 0.25) is 0 Å². The summed E-state index contributed by atoms with van der Waals surface area (Å²) in [4.78, 5) is 23.6. The molecular formula is C21H30N4O3. The molecule has 1 fully saturated rings. The Morgan fingerprint density at radius 1 is 1.21 bits per heavy atom. The molecule has 0 spiro atoms. The lowest BCUT2D eigenvalue weighted by Gasteiger charge is -2.32. The van der Waals surface area contributed by atoms with Gasteiger partial charge in [0.25, 0.3) is 5.56 Å². The van der Waals surface area contributed by atoms with E-state index in [9.17, 15) is 4.79 Å². The maximum Gasteiger partial charge on any atom is 0.252 e. The number of methoxy groups -OCH3 is 1. The van der Waals surface area contributed by atoms with Crippen molar-refractivity contribution in [2.45, 2.75) is 32.2 Å². The van der Waals surface area contributed by atoms with Gasteiger partial charge < -0.3 is 14.4 Å². The lowest BCUT2D eigenvalue weighted by Crippen LogP contribution is -2.33. The first-order chi connectivity index (χ1) is 13.5. The summed E-state index contributed by atoms with van der Waals surface area (Å²) in [6.07, 6.45) is 2.00. The SMILES string of the molecule is CCOc1ccc(CN2CCC(c3cc(=O)[nH]c(N(C)C)n3)CC2)cc1OC. The van der Waals surface area contributed by atoms with E-state index >= 15 is 0 Å². The molecule has 7 heteroatoms. The zero-order chi connectivity index (χ0) is 20.1. The molecule has 2 heterocycles. The summed E-state index contributed by atoms with van der Waals surface area (Å²) < 4.78 is 11.1. The van der Waals surface area contributed by atoms with Crippen LogP contribution in [0.15, 0.2) is 29.1 Å². The number of aromatic nitrogens is 2. The average Bonchev–Trinajstić information content (AvgIpc) is 2.69. The number of aromatic amines is 1. The van der Waals surface area contributed by atoms with Crippen molar-refractivity contribution >= 4 is 5.95 Å². The summed E-state index contributed by atoms with van der Waals surface area (Å²) in [7, 11) is 5.44. The molecule has 1 aliphatic heterocycles. The minimum absolute atomic E-state index is 0.0855. The third-order valence-electron chi connectivity index (χ3n) is 5.11. The molecule has 0 saturated carbocycles. The summed E-state index contributed by atoms with van der Waals surface area (Å²) in [5.74, 6) is 2.50. The number of benzene rings is 1. The molecule has 1 aromatic heterocycles. The summed E-state index contributed by atoms with van der Waals surface area (Å²) in [6, 6.07) is 7.78. The summed E-state index contributed by atoms with van der Waals surface area (Å²) in [6.45, 7) is 5.42. The Kier molecular flexibility index (Phi) is 6.57. The zero-order valence-electron chi connectivity index (χ0n) is 17.2. The van der Waals surface area contributed by atoms with Crippen molar-refractivity contribution in [1.82, 2.24) is 14.9 Å². The molecule has 1 N–H and O–H groups in total. The van der Waals surface area contributed by atoms with Crippen LogP contribution in [-0.2, 0) is 6.54 Å². The van der Waals surface area contributed by atoms with Gasteiger partial charge in [0.15, 0.2) is 11.5 Å². The van der Waals surface area contributed by atoms with Crippen LogP contribution in [0.1, 0.15) is 36.9 Å². The van der Waals surface area contributed by atoms with Gasteiger partial charge in [0.1, 0.15) is 0 Å². The highest BCUT2D eigenvalue weighted by molar-refractivity contribution is 5.43. The Balaban J connectivity index is 1.62. The minimum Gasteiger partial charge on any atom is -0.493 e. The second kappa shape index (κ2) is 9.10. The van der Waals surface area contributed by atoms with Gasteiger partial charge in [-0.25, -0.2) is 4.98 Å². The number of piperidine rings is 1. The van der Waals surface area contributed by atoms with Crippen molar-refractivity contribution in [3.05, 3.63) is 45.9 Å². The molecular weight excluding hydrogens is 356 g/mol. The molecule has 28 heavy (non-hydrogen) atoms. The lowest BCUT2D eigenvalue weighted by molar-refractivity contribution is 0.203. The zero-order valence-corrected chi connectivity index (χ0v) is 17.2. The van der Waals surface area contributed by atoms with Crippen LogP contribution in [-0.4, -0.2) is 55.8 Å². The van der Waals surface area contributed by atoms with Crippen molar-refractivity contribution in [3.63, 3.8) is 0 Å². The number of hydrogen-bond donors (Lipinski definition) is 1. The van der Waals surface area contributed by atoms with Crippen LogP contribution >= 0.6 is 0 Å². The maximum atomic E-state index is 11.9. The van der Waals surface area contributed by atoms with E-state index in [4.69, 9.17) is 9.47 Å². The van der Waals surface area contributed by atoms with Crippen molar-refractivity contribution in [2.24, 2.45) is 0 Å². The molecule has 0 amide bonds. The van der Waals surface area contributed by atoms with Gasteiger partial charge in [0.2, 0.25) is 5.95 Å². The van der Waals surface area contributed by atoms with E-state index in [1.54, 1.807) is 13.2 Å². The standard InChI is InChI=1S/C21H30N4O3/c1-5-28-18-7-6-15(12-19(18)27-4)14-25-10-8-16(9-11-25)17-13-20(26)23-21(22-17)24(2)3/h6-7,12-13,16H,5,8-11,14H2,1-4H3,(H,22,23,26). The molecule has 0 radical (unpaired) electrons. The Morgan fingerprint density at radius 2 is 1.96 bits per heavy atom. The van der Waals surface area contributed by atoms with Crippen molar-refractivity contribution in [1.29, 1.82) is 0 Å². The molecule has 152 valence electrons. The van der Waals surface area contributed by atoms with E-state index in [1.807, 2.05) is 32.0 Å². The number of likely N-dealkylation sites (tertiary alicyclic amines) is 1. The first-order valence-corrected chi connectivity index (χ1v) is 9.80. The topological polar surface area (TPSA) is 70.7 Å². The van der Waals surface area contributed by atoms with Crippen LogP contribution < -0.4 is 19.9 Å². The van der Waals surface area contributed by atoms with E-state index in [-0.39, 0.29) is 5.56 Å². The maximum absolute atomic E-state index is 11.9. The first kappa shape index (κ1) is 20.2. The predicted octanol–water partition coefficient (Wildman–Crippen LogP) is 2.62. The van der Waals surface area contributed by atoms with E-state index in [1.165, 1.54) is 5.56 Å². The molecule has 0 unspecified atom stereocenters. The number of ether oxygens (including phenoxy) is 2. The molecule has 0 bridgehead atoms. The van der Waals surface area contributed by atoms with Crippen molar-refractivity contribution in [3.8, 4) is 11.5 Å². The molecule has 7 nitrogen and oxygen atoms in total. The van der Waals surface area contributed by atoms with E-state index < -0.39 is 0 Å². The van der Waals surface area contributed by atoms with Crippen LogP contribution in [0.4, 0.5) is 5.95 Å². The molecule has 3 rings (SSSR count). The third kappa shape index (κ3) is 4.84. The average molecular weight is 386 g/mol. The van der Waals surface area contributed by atoms with E-state index in [0.29, 0.717) is 18.5 Å². The van der Waals surface area contributed by atoms with Gasteiger partial charge in [-0.05, 0) is 50.6 Å². The van der Waals surface area contributed by atoms with Crippen LogP contribution in [0, 0.1) is 0 Å². The molecule has 1 saturated heterocycles. The number of nitrogens with one attached hydrogen (secondary N) is 1. The Labute approximate surface area is 166 Å². The van der Waals surface area contributed by atoms with Gasteiger partial charge in [-0.3, -0.25) is 14.7 Å². The highest BCUT2D eigenvalue weighted by Gasteiger charge is 2.23. The van der Waals surface area contributed by atoms with Gasteiger partial charge in [0.05, 0.1) is 19.4 Å². The summed E-state index contributed by atoms with van der Waals surface area (Å²) in [5.41, 5.74) is 2.02. The monoisotopic (exact) mass is 386 g/mol. The van der Waals surface area contributed by atoms with Crippen molar-refractivity contribution < 1.29 is 9.47 Å².